The molecule has 1 heterocycles. The van der Waals surface area contributed by atoms with Gasteiger partial charge in [-0.3, -0.25) is 14.9 Å². The van der Waals surface area contributed by atoms with Gasteiger partial charge in [-0.25, -0.2) is 0 Å². The Morgan fingerprint density at radius 1 is 1.17 bits per heavy atom. The SMILES string of the molecule is O=C(NC[C@@H]1CCN(c2ccccc2)C1)c1ccccc1[N+](=O)[O-]. The number of benzene rings is 2. The first kappa shape index (κ1) is 16.0. The summed E-state index contributed by atoms with van der Waals surface area (Å²) < 4.78 is 0. The molecule has 1 N–H and O–H groups in total. The maximum atomic E-state index is 12.2. The van der Waals surface area contributed by atoms with Gasteiger partial charge >= 0.3 is 0 Å². The van der Waals surface area contributed by atoms with E-state index in [1.54, 1.807) is 12.1 Å². The Morgan fingerprint density at radius 3 is 2.62 bits per heavy atom. The van der Waals surface area contributed by atoms with Gasteiger partial charge in [0.05, 0.1) is 4.92 Å². The lowest BCUT2D eigenvalue weighted by Gasteiger charge is -2.18. The van der Waals surface area contributed by atoms with Gasteiger partial charge in [0.25, 0.3) is 11.6 Å². The highest BCUT2D eigenvalue weighted by Gasteiger charge is 2.24. The fourth-order valence-electron chi connectivity index (χ4n) is 3.03. The minimum atomic E-state index is -0.526. The summed E-state index contributed by atoms with van der Waals surface area (Å²) in [4.78, 5) is 25.0. The van der Waals surface area contributed by atoms with Gasteiger partial charge in [-0.1, -0.05) is 30.3 Å². The smallest absolute Gasteiger partial charge is 0.282 e. The maximum absolute atomic E-state index is 12.2. The third-order valence-corrected chi connectivity index (χ3v) is 4.30. The Hall–Kier alpha value is -2.89. The van der Waals surface area contributed by atoms with Crippen molar-refractivity contribution in [1.29, 1.82) is 0 Å². The zero-order valence-corrected chi connectivity index (χ0v) is 13.2. The molecule has 1 fully saturated rings. The molecule has 0 saturated carbocycles. The van der Waals surface area contributed by atoms with Gasteiger partial charge in [0, 0.05) is 31.4 Å². The van der Waals surface area contributed by atoms with Gasteiger partial charge in [-0.05, 0) is 30.5 Å². The molecule has 0 spiro atoms. The van der Waals surface area contributed by atoms with Crippen LogP contribution in [0.1, 0.15) is 16.8 Å². The third-order valence-electron chi connectivity index (χ3n) is 4.30. The molecule has 1 saturated heterocycles. The molecule has 0 bridgehead atoms. The number of nitrogens with one attached hydrogen (secondary N) is 1. The Balaban J connectivity index is 1.57. The van der Waals surface area contributed by atoms with Crippen LogP contribution in [0.5, 0.6) is 0 Å². The van der Waals surface area contributed by atoms with Crippen LogP contribution in [0.3, 0.4) is 0 Å². The first-order chi connectivity index (χ1) is 11.6. The van der Waals surface area contributed by atoms with E-state index in [1.165, 1.54) is 17.8 Å². The van der Waals surface area contributed by atoms with E-state index in [9.17, 15) is 14.9 Å². The molecule has 2 aromatic carbocycles. The molecule has 2 aromatic rings. The average molecular weight is 325 g/mol. The Kier molecular flexibility index (Phi) is 4.74. The number of para-hydroxylation sites is 2. The van der Waals surface area contributed by atoms with Gasteiger partial charge in [0.15, 0.2) is 0 Å². The van der Waals surface area contributed by atoms with Crippen LogP contribution in [0.2, 0.25) is 0 Å². The number of carbonyl (C=O) groups is 1. The number of nitro groups is 1. The molecule has 0 aliphatic carbocycles. The van der Waals surface area contributed by atoms with E-state index in [4.69, 9.17) is 0 Å². The summed E-state index contributed by atoms with van der Waals surface area (Å²) in [5, 5.41) is 13.8. The lowest BCUT2D eigenvalue weighted by molar-refractivity contribution is -0.385. The standard InChI is InChI=1S/C18H19N3O3/c22-18(16-8-4-5-9-17(16)21(23)24)19-12-14-10-11-20(13-14)15-6-2-1-3-7-15/h1-9,14H,10-13H2,(H,19,22)/t14-/m0/s1. The lowest BCUT2D eigenvalue weighted by Crippen LogP contribution is -2.31. The monoisotopic (exact) mass is 325 g/mol. The van der Waals surface area contributed by atoms with E-state index in [-0.39, 0.29) is 17.2 Å². The van der Waals surface area contributed by atoms with Crippen LogP contribution in [0.15, 0.2) is 54.6 Å². The molecule has 0 aromatic heterocycles. The number of nitro benzene ring substituents is 1. The van der Waals surface area contributed by atoms with Crippen molar-refractivity contribution in [2.24, 2.45) is 5.92 Å². The van der Waals surface area contributed by atoms with E-state index < -0.39 is 4.92 Å². The maximum Gasteiger partial charge on any atom is 0.282 e. The van der Waals surface area contributed by atoms with Crippen molar-refractivity contribution in [3.63, 3.8) is 0 Å². The molecule has 1 atom stereocenters. The van der Waals surface area contributed by atoms with Gasteiger partial charge in [0.1, 0.15) is 5.56 Å². The molecule has 3 rings (SSSR count). The first-order valence-electron chi connectivity index (χ1n) is 7.97. The zero-order valence-electron chi connectivity index (χ0n) is 13.2. The Morgan fingerprint density at radius 2 is 1.88 bits per heavy atom. The fraction of sp³-hybridized carbons (Fsp3) is 0.278. The van der Waals surface area contributed by atoms with Crippen molar-refractivity contribution in [2.75, 3.05) is 24.5 Å². The topological polar surface area (TPSA) is 75.5 Å². The number of hydrogen-bond acceptors (Lipinski definition) is 4. The normalized spacial score (nSPS) is 16.8. The molecular formula is C18H19N3O3. The molecule has 0 radical (unpaired) electrons. The minimum Gasteiger partial charge on any atom is -0.371 e. The van der Waals surface area contributed by atoms with E-state index >= 15 is 0 Å². The first-order valence-corrected chi connectivity index (χ1v) is 7.97. The van der Waals surface area contributed by atoms with Crippen LogP contribution < -0.4 is 10.2 Å². The highest BCUT2D eigenvalue weighted by atomic mass is 16.6. The van der Waals surface area contributed by atoms with E-state index in [1.807, 2.05) is 18.2 Å². The third kappa shape index (κ3) is 3.53. The van der Waals surface area contributed by atoms with Crippen LogP contribution in [-0.2, 0) is 0 Å². The summed E-state index contributed by atoms with van der Waals surface area (Å²) in [6.07, 6.45) is 0.992. The predicted octanol–water partition coefficient (Wildman–Crippen LogP) is 2.85. The van der Waals surface area contributed by atoms with Crippen LogP contribution in [-0.4, -0.2) is 30.5 Å². The molecule has 124 valence electrons. The van der Waals surface area contributed by atoms with Crippen molar-refractivity contribution in [3.05, 3.63) is 70.3 Å². The molecule has 6 nitrogen and oxygen atoms in total. The predicted molar refractivity (Wildman–Crippen MR) is 92.2 cm³/mol. The van der Waals surface area contributed by atoms with Crippen LogP contribution in [0.25, 0.3) is 0 Å². The highest BCUT2D eigenvalue weighted by Crippen LogP contribution is 2.23. The molecule has 0 unspecified atom stereocenters. The Labute approximate surface area is 140 Å². The molecule has 1 aliphatic rings. The number of anilines is 1. The lowest BCUT2D eigenvalue weighted by atomic mass is 10.1. The summed E-state index contributed by atoms with van der Waals surface area (Å²) >= 11 is 0. The number of amides is 1. The molecule has 24 heavy (non-hydrogen) atoms. The average Bonchev–Trinajstić information content (AvgIpc) is 3.09. The van der Waals surface area contributed by atoms with Gasteiger partial charge < -0.3 is 10.2 Å². The quantitative estimate of drug-likeness (QED) is 0.677. The number of carbonyl (C=O) groups excluding carboxylic acids is 1. The highest BCUT2D eigenvalue weighted by molar-refractivity contribution is 5.98. The van der Waals surface area contributed by atoms with E-state index in [0.29, 0.717) is 12.5 Å². The van der Waals surface area contributed by atoms with Crippen LogP contribution in [0, 0.1) is 16.0 Å². The number of rotatable bonds is 5. The van der Waals surface area contributed by atoms with E-state index in [0.717, 1.165) is 19.5 Å². The van der Waals surface area contributed by atoms with Crippen molar-refractivity contribution in [1.82, 2.24) is 5.32 Å². The number of nitrogens with zero attached hydrogens (tertiary/aromatic N) is 2. The molecule has 6 heteroatoms. The fourth-order valence-corrected chi connectivity index (χ4v) is 3.03. The second-order valence-corrected chi connectivity index (χ2v) is 5.92. The summed E-state index contributed by atoms with van der Waals surface area (Å²) in [5.41, 5.74) is 1.14. The van der Waals surface area contributed by atoms with Crippen molar-refractivity contribution in [3.8, 4) is 0 Å². The van der Waals surface area contributed by atoms with Gasteiger partial charge in [0.2, 0.25) is 0 Å². The summed E-state index contributed by atoms with van der Waals surface area (Å²) in [5.74, 6) is -0.0441. The largest absolute Gasteiger partial charge is 0.371 e. The minimum absolute atomic E-state index is 0.111. The van der Waals surface area contributed by atoms with E-state index in [2.05, 4.69) is 22.3 Å². The van der Waals surface area contributed by atoms with Crippen molar-refractivity contribution >= 4 is 17.3 Å². The second-order valence-electron chi connectivity index (χ2n) is 5.92. The summed E-state index contributed by atoms with van der Waals surface area (Å²) in [6, 6.07) is 16.2. The molecule has 1 amide bonds. The molecular weight excluding hydrogens is 306 g/mol. The molecule has 1 aliphatic heterocycles. The van der Waals surface area contributed by atoms with Crippen LogP contribution >= 0.6 is 0 Å². The summed E-state index contributed by atoms with van der Waals surface area (Å²) in [6.45, 7) is 2.35. The van der Waals surface area contributed by atoms with Crippen molar-refractivity contribution < 1.29 is 9.72 Å². The van der Waals surface area contributed by atoms with Crippen molar-refractivity contribution in [2.45, 2.75) is 6.42 Å². The Bertz CT molecular complexity index is 733. The zero-order chi connectivity index (χ0) is 16.9. The van der Waals surface area contributed by atoms with Gasteiger partial charge in [-0.2, -0.15) is 0 Å². The van der Waals surface area contributed by atoms with Gasteiger partial charge in [-0.15, -0.1) is 0 Å². The number of hydrogen-bond donors (Lipinski definition) is 1. The van der Waals surface area contributed by atoms with Crippen LogP contribution in [0.4, 0.5) is 11.4 Å². The second kappa shape index (κ2) is 7.12. The summed E-state index contributed by atoms with van der Waals surface area (Å²) in [7, 11) is 0.